The summed E-state index contributed by atoms with van der Waals surface area (Å²) in [5, 5.41) is 0. The number of esters is 1. The fourth-order valence-electron chi connectivity index (χ4n) is 3.54. The Hall–Kier alpha value is -1.84. The highest BCUT2D eigenvalue weighted by atomic mass is 16.5. The lowest BCUT2D eigenvalue weighted by molar-refractivity contribution is -0.156. The fraction of sp³-hybridized carbons (Fsp3) is 0.529. The van der Waals surface area contributed by atoms with Crippen LogP contribution in [0.5, 0.6) is 0 Å². The summed E-state index contributed by atoms with van der Waals surface area (Å²) in [6.07, 6.45) is 4.25. The number of methoxy groups -OCH3 is 1. The largest absolute Gasteiger partial charge is 0.467 e. The van der Waals surface area contributed by atoms with Crippen LogP contribution in [0.4, 0.5) is 0 Å². The van der Waals surface area contributed by atoms with Crippen molar-refractivity contribution in [1.82, 2.24) is 4.90 Å². The minimum absolute atomic E-state index is 0.0207. The Morgan fingerprint density at radius 2 is 1.81 bits per heavy atom. The van der Waals surface area contributed by atoms with Gasteiger partial charge in [0.1, 0.15) is 6.04 Å². The van der Waals surface area contributed by atoms with Crippen molar-refractivity contribution in [3.63, 3.8) is 0 Å². The van der Waals surface area contributed by atoms with E-state index in [1.54, 1.807) is 4.90 Å². The number of hydrogen-bond donors (Lipinski definition) is 0. The zero-order chi connectivity index (χ0) is 14.8. The van der Waals surface area contributed by atoms with Crippen molar-refractivity contribution < 1.29 is 14.3 Å². The van der Waals surface area contributed by atoms with Crippen LogP contribution in [0.1, 0.15) is 30.4 Å². The molecule has 1 aliphatic heterocycles. The summed E-state index contributed by atoms with van der Waals surface area (Å²) in [6, 6.07) is 7.83. The van der Waals surface area contributed by atoms with Crippen molar-refractivity contribution in [2.75, 3.05) is 13.7 Å². The summed E-state index contributed by atoms with van der Waals surface area (Å²) in [5.41, 5.74) is 2.53. The van der Waals surface area contributed by atoms with E-state index < -0.39 is 0 Å². The Kier molecular flexibility index (Phi) is 3.95. The second kappa shape index (κ2) is 5.88. The number of amides is 1. The molecule has 0 spiro atoms. The number of carbonyl (C=O) groups is 2. The zero-order valence-corrected chi connectivity index (χ0v) is 12.4. The Morgan fingerprint density at radius 1 is 1.14 bits per heavy atom. The van der Waals surface area contributed by atoms with Crippen LogP contribution in [0, 0.1) is 5.92 Å². The lowest BCUT2D eigenvalue weighted by Crippen LogP contribution is -2.50. The van der Waals surface area contributed by atoms with Crippen LogP contribution in [0.3, 0.4) is 0 Å². The van der Waals surface area contributed by atoms with Gasteiger partial charge in [-0.2, -0.15) is 0 Å². The van der Waals surface area contributed by atoms with E-state index in [-0.39, 0.29) is 23.8 Å². The monoisotopic (exact) mass is 287 g/mol. The number of piperidine rings is 1. The van der Waals surface area contributed by atoms with Gasteiger partial charge in [-0.15, -0.1) is 0 Å². The second-order valence-electron chi connectivity index (χ2n) is 5.94. The number of fused-ring (bicyclic) bond motifs is 1. The topological polar surface area (TPSA) is 46.6 Å². The van der Waals surface area contributed by atoms with Gasteiger partial charge in [-0.05, 0) is 43.2 Å². The van der Waals surface area contributed by atoms with Crippen LogP contribution in [-0.4, -0.2) is 36.5 Å². The lowest BCUT2D eigenvalue weighted by Gasteiger charge is -2.35. The van der Waals surface area contributed by atoms with Crippen LogP contribution in [0.15, 0.2) is 24.3 Å². The molecular formula is C17H21NO3. The third-order valence-electron chi connectivity index (χ3n) is 4.66. The molecule has 0 bridgehead atoms. The Morgan fingerprint density at radius 3 is 2.43 bits per heavy atom. The van der Waals surface area contributed by atoms with E-state index in [1.807, 2.05) is 12.1 Å². The Balaban J connectivity index is 1.74. The van der Waals surface area contributed by atoms with Gasteiger partial charge in [0.25, 0.3) is 0 Å². The molecule has 2 aliphatic rings. The molecule has 0 aromatic heterocycles. The molecule has 4 nitrogen and oxygen atoms in total. The molecule has 21 heavy (non-hydrogen) atoms. The third-order valence-corrected chi connectivity index (χ3v) is 4.66. The first kappa shape index (κ1) is 14.1. The van der Waals surface area contributed by atoms with E-state index in [2.05, 4.69) is 12.1 Å². The lowest BCUT2D eigenvalue weighted by atomic mass is 9.97. The number of rotatable bonds is 2. The molecule has 1 saturated heterocycles. The molecule has 1 aromatic rings. The van der Waals surface area contributed by atoms with Crippen molar-refractivity contribution >= 4 is 11.9 Å². The quantitative estimate of drug-likeness (QED) is 0.781. The van der Waals surface area contributed by atoms with E-state index in [0.717, 1.165) is 32.1 Å². The molecule has 1 aromatic carbocycles. The van der Waals surface area contributed by atoms with Crippen molar-refractivity contribution in [1.29, 1.82) is 0 Å². The normalized spacial score (nSPS) is 22.0. The zero-order valence-electron chi connectivity index (χ0n) is 12.4. The highest BCUT2D eigenvalue weighted by molar-refractivity contribution is 5.86. The predicted octanol–water partition coefficient (Wildman–Crippen LogP) is 1.96. The maximum absolute atomic E-state index is 12.8. The van der Waals surface area contributed by atoms with E-state index in [9.17, 15) is 9.59 Å². The summed E-state index contributed by atoms with van der Waals surface area (Å²) in [5.74, 6) is -0.187. The van der Waals surface area contributed by atoms with Gasteiger partial charge in [-0.3, -0.25) is 4.79 Å². The fourth-order valence-corrected chi connectivity index (χ4v) is 3.54. The number of ether oxygens (including phenoxy) is 1. The number of nitrogens with zero attached hydrogens (tertiary/aromatic N) is 1. The molecule has 0 N–H and O–H groups in total. The van der Waals surface area contributed by atoms with Gasteiger partial charge >= 0.3 is 5.97 Å². The molecule has 112 valence electrons. The SMILES string of the molecule is COC(=O)C1CCCCN1C(=O)C1Cc2ccccc2C1. The smallest absolute Gasteiger partial charge is 0.328 e. The summed E-state index contributed by atoms with van der Waals surface area (Å²) >= 11 is 0. The first-order chi connectivity index (χ1) is 10.2. The van der Waals surface area contributed by atoms with Gasteiger partial charge < -0.3 is 9.64 Å². The third kappa shape index (κ3) is 2.67. The molecular weight excluding hydrogens is 266 g/mol. The second-order valence-corrected chi connectivity index (χ2v) is 5.94. The highest BCUT2D eigenvalue weighted by Crippen LogP contribution is 2.30. The molecule has 1 heterocycles. The maximum atomic E-state index is 12.8. The van der Waals surface area contributed by atoms with Crippen LogP contribution >= 0.6 is 0 Å². The number of carbonyl (C=O) groups excluding carboxylic acids is 2. The standard InChI is InChI=1S/C17H21NO3/c1-21-17(20)15-8-4-5-9-18(15)16(19)14-10-12-6-2-3-7-13(12)11-14/h2-3,6-7,14-15H,4-5,8-11H2,1H3. The number of benzene rings is 1. The Labute approximate surface area is 125 Å². The Bertz CT molecular complexity index is 530. The predicted molar refractivity (Wildman–Crippen MR) is 78.7 cm³/mol. The molecule has 4 heteroatoms. The molecule has 1 aliphatic carbocycles. The van der Waals surface area contributed by atoms with Crippen molar-refractivity contribution in [3.8, 4) is 0 Å². The van der Waals surface area contributed by atoms with Gasteiger partial charge in [0.15, 0.2) is 0 Å². The highest BCUT2D eigenvalue weighted by Gasteiger charge is 2.37. The van der Waals surface area contributed by atoms with E-state index in [4.69, 9.17) is 4.74 Å². The first-order valence-electron chi connectivity index (χ1n) is 7.66. The maximum Gasteiger partial charge on any atom is 0.328 e. The first-order valence-corrected chi connectivity index (χ1v) is 7.66. The van der Waals surface area contributed by atoms with Gasteiger partial charge in [-0.1, -0.05) is 24.3 Å². The van der Waals surface area contributed by atoms with E-state index in [1.165, 1.54) is 18.2 Å². The van der Waals surface area contributed by atoms with Gasteiger partial charge in [0, 0.05) is 12.5 Å². The van der Waals surface area contributed by atoms with E-state index in [0.29, 0.717) is 6.54 Å². The minimum Gasteiger partial charge on any atom is -0.467 e. The van der Waals surface area contributed by atoms with Crippen LogP contribution in [0.2, 0.25) is 0 Å². The molecule has 1 fully saturated rings. The number of likely N-dealkylation sites (tertiary alicyclic amines) is 1. The van der Waals surface area contributed by atoms with Crippen LogP contribution < -0.4 is 0 Å². The molecule has 1 atom stereocenters. The average Bonchev–Trinajstić information content (AvgIpc) is 2.97. The molecule has 1 amide bonds. The summed E-state index contributed by atoms with van der Waals surface area (Å²) < 4.78 is 4.86. The summed E-state index contributed by atoms with van der Waals surface area (Å²) in [4.78, 5) is 26.5. The van der Waals surface area contributed by atoms with Gasteiger partial charge in [0.2, 0.25) is 5.91 Å². The minimum atomic E-state index is -0.389. The molecule has 0 saturated carbocycles. The van der Waals surface area contributed by atoms with Gasteiger partial charge in [0.05, 0.1) is 7.11 Å². The molecule has 3 rings (SSSR count). The number of hydrogen-bond acceptors (Lipinski definition) is 3. The summed E-state index contributed by atoms with van der Waals surface area (Å²) in [6.45, 7) is 0.672. The van der Waals surface area contributed by atoms with Gasteiger partial charge in [-0.25, -0.2) is 4.79 Å². The average molecular weight is 287 g/mol. The molecule has 0 radical (unpaired) electrons. The summed E-state index contributed by atoms with van der Waals surface area (Å²) in [7, 11) is 1.39. The van der Waals surface area contributed by atoms with Crippen LogP contribution in [-0.2, 0) is 27.2 Å². The van der Waals surface area contributed by atoms with Crippen molar-refractivity contribution in [2.24, 2.45) is 5.92 Å². The van der Waals surface area contributed by atoms with E-state index >= 15 is 0 Å². The van der Waals surface area contributed by atoms with Crippen molar-refractivity contribution in [2.45, 2.75) is 38.1 Å². The van der Waals surface area contributed by atoms with Crippen molar-refractivity contribution in [3.05, 3.63) is 35.4 Å². The molecule has 1 unspecified atom stereocenters. The van der Waals surface area contributed by atoms with Crippen LogP contribution in [0.25, 0.3) is 0 Å².